The highest BCUT2D eigenvalue weighted by Crippen LogP contribution is 2.33. The Morgan fingerprint density at radius 2 is 1.69 bits per heavy atom. The van der Waals surface area contributed by atoms with E-state index in [2.05, 4.69) is 5.32 Å². The van der Waals surface area contributed by atoms with Crippen LogP contribution in [-0.2, 0) is 14.8 Å². The summed E-state index contributed by atoms with van der Waals surface area (Å²) in [5.41, 5.74) is 0.496. The standard InChI is InChI=1S/C20H24N2O6S/c1-26-17-9-5-4-7-15(17)21-20(23)16-8-6-12-22(16)29(24,25)14-10-11-18(27-2)19(13-14)28-3/h4-5,7,9-11,13,16H,6,8,12H2,1-3H3,(H,21,23). The number of para-hydroxylation sites is 2. The second-order valence-corrected chi connectivity index (χ2v) is 8.37. The first-order valence-corrected chi connectivity index (χ1v) is 10.5. The summed E-state index contributed by atoms with van der Waals surface area (Å²) >= 11 is 0. The van der Waals surface area contributed by atoms with Crippen molar-refractivity contribution in [2.24, 2.45) is 0 Å². The Morgan fingerprint density at radius 1 is 1.00 bits per heavy atom. The van der Waals surface area contributed by atoms with Gasteiger partial charge in [-0.25, -0.2) is 8.42 Å². The second-order valence-electron chi connectivity index (χ2n) is 6.48. The first kappa shape index (κ1) is 20.9. The molecule has 1 aliphatic heterocycles. The zero-order valence-electron chi connectivity index (χ0n) is 16.5. The highest BCUT2D eigenvalue weighted by atomic mass is 32.2. The van der Waals surface area contributed by atoms with Gasteiger partial charge in [0.05, 0.1) is 31.9 Å². The van der Waals surface area contributed by atoms with Gasteiger partial charge in [0.25, 0.3) is 0 Å². The SMILES string of the molecule is COc1ccccc1NC(=O)C1CCCN1S(=O)(=O)c1ccc(OC)c(OC)c1. The van der Waals surface area contributed by atoms with Crippen molar-refractivity contribution in [3.63, 3.8) is 0 Å². The predicted molar refractivity (Wildman–Crippen MR) is 108 cm³/mol. The highest BCUT2D eigenvalue weighted by Gasteiger charge is 2.40. The van der Waals surface area contributed by atoms with Gasteiger partial charge >= 0.3 is 0 Å². The van der Waals surface area contributed by atoms with Crippen molar-refractivity contribution in [3.8, 4) is 17.2 Å². The van der Waals surface area contributed by atoms with E-state index >= 15 is 0 Å². The maximum atomic E-state index is 13.2. The fraction of sp³-hybridized carbons (Fsp3) is 0.350. The third-order valence-corrected chi connectivity index (χ3v) is 6.74. The third-order valence-electron chi connectivity index (χ3n) is 4.83. The molecule has 8 nitrogen and oxygen atoms in total. The molecule has 156 valence electrons. The van der Waals surface area contributed by atoms with Crippen molar-refractivity contribution in [1.82, 2.24) is 4.31 Å². The van der Waals surface area contributed by atoms with Gasteiger partial charge in [0.15, 0.2) is 11.5 Å². The number of anilines is 1. The van der Waals surface area contributed by atoms with E-state index in [0.717, 1.165) is 0 Å². The van der Waals surface area contributed by atoms with E-state index in [0.29, 0.717) is 35.8 Å². The minimum Gasteiger partial charge on any atom is -0.495 e. The zero-order chi connectivity index (χ0) is 21.0. The summed E-state index contributed by atoms with van der Waals surface area (Å²) in [6.07, 6.45) is 1.03. The Morgan fingerprint density at radius 3 is 2.38 bits per heavy atom. The monoisotopic (exact) mass is 420 g/mol. The molecule has 0 aromatic heterocycles. The Labute approximate surface area is 170 Å². The van der Waals surface area contributed by atoms with E-state index in [4.69, 9.17) is 14.2 Å². The smallest absolute Gasteiger partial charge is 0.243 e. The van der Waals surface area contributed by atoms with Gasteiger partial charge in [0, 0.05) is 12.6 Å². The topological polar surface area (TPSA) is 94.2 Å². The van der Waals surface area contributed by atoms with Crippen molar-refractivity contribution >= 4 is 21.6 Å². The van der Waals surface area contributed by atoms with E-state index in [-0.39, 0.29) is 11.4 Å². The molecule has 0 aliphatic carbocycles. The minimum absolute atomic E-state index is 0.0483. The molecular formula is C20H24N2O6S. The van der Waals surface area contributed by atoms with Gasteiger partial charge < -0.3 is 19.5 Å². The molecule has 1 fully saturated rings. The maximum absolute atomic E-state index is 13.2. The fourth-order valence-electron chi connectivity index (χ4n) is 3.37. The lowest BCUT2D eigenvalue weighted by Crippen LogP contribution is -2.43. The van der Waals surface area contributed by atoms with Gasteiger partial charge in [0.2, 0.25) is 15.9 Å². The molecule has 1 N–H and O–H groups in total. The van der Waals surface area contributed by atoms with Gasteiger partial charge in [-0.1, -0.05) is 12.1 Å². The van der Waals surface area contributed by atoms with Crippen LogP contribution in [0.2, 0.25) is 0 Å². The van der Waals surface area contributed by atoms with E-state index in [9.17, 15) is 13.2 Å². The molecule has 1 heterocycles. The molecule has 0 radical (unpaired) electrons. The second kappa shape index (κ2) is 8.71. The fourth-order valence-corrected chi connectivity index (χ4v) is 5.04. The van der Waals surface area contributed by atoms with Gasteiger partial charge in [-0.05, 0) is 37.1 Å². The molecule has 1 saturated heterocycles. The molecule has 3 rings (SSSR count). The van der Waals surface area contributed by atoms with Gasteiger partial charge in [-0.3, -0.25) is 4.79 Å². The summed E-state index contributed by atoms with van der Waals surface area (Å²) in [5.74, 6) is 0.852. The number of hydrogen-bond acceptors (Lipinski definition) is 6. The largest absolute Gasteiger partial charge is 0.495 e. The van der Waals surface area contributed by atoms with Crippen LogP contribution in [0.5, 0.6) is 17.2 Å². The summed E-state index contributed by atoms with van der Waals surface area (Å²) in [7, 11) is 0.531. The van der Waals surface area contributed by atoms with Crippen LogP contribution in [0.25, 0.3) is 0 Å². The molecule has 1 amide bonds. The zero-order valence-corrected chi connectivity index (χ0v) is 17.4. The van der Waals surface area contributed by atoms with E-state index in [1.54, 1.807) is 24.3 Å². The molecule has 1 atom stereocenters. The molecule has 0 saturated carbocycles. The number of sulfonamides is 1. The quantitative estimate of drug-likeness (QED) is 0.740. The van der Waals surface area contributed by atoms with Crippen LogP contribution >= 0.6 is 0 Å². The molecule has 1 unspecified atom stereocenters. The molecule has 29 heavy (non-hydrogen) atoms. The lowest BCUT2D eigenvalue weighted by atomic mass is 10.2. The first-order chi connectivity index (χ1) is 13.9. The normalized spacial score (nSPS) is 17.0. The average molecular weight is 420 g/mol. The Balaban J connectivity index is 1.86. The van der Waals surface area contributed by atoms with Gasteiger partial charge in [-0.2, -0.15) is 4.31 Å². The van der Waals surface area contributed by atoms with Crippen LogP contribution in [0.3, 0.4) is 0 Å². The van der Waals surface area contributed by atoms with E-state index in [1.807, 2.05) is 0 Å². The summed E-state index contributed by atoms with van der Waals surface area (Å²) in [6.45, 7) is 0.265. The van der Waals surface area contributed by atoms with Crippen molar-refractivity contribution in [2.75, 3.05) is 33.2 Å². The molecule has 0 spiro atoms. The molecular weight excluding hydrogens is 396 g/mol. The number of rotatable bonds is 7. The van der Waals surface area contributed by atoms with Gasteiger partial charge in [-0.15, -0.1) is 0 Å². The van der Waals surface area contributed by atoms with Gasteiger partial charge in [0.1, 0.15) is 11.8 Å². The number of ether oxygens (including phenoxy) is 3. The minimum atomic E-state index is -3.89. The summed E-state index contributed by atoms with van der Waals surface area (Å²) in [6, 6.07) is 10.6. The Kier molecular flexibility index (Phi) is 6.29. The first-order valence-electron chi connectivity index (χ1n) is 9.10. The summed E-state index contributed by atoms with van der Waals surface area (Å²) in [4.78, 5) is 12.9. The highest BCUT2D eigenvalue weighted by molar-refractivity contribution is 7.89. The number of carbonyl (C=O) groups excluding carboxylic acids is 1. The van der Waals surface area contributed by atoms with Crippen LogP contribution in [-0.4, -0.2) is 52.5 Å². The molecule has 2 aromatic carbocycles. The Bertz CT molecular complexity index is 992. The summed E-state index contributed by atoms with van der Waals surface area (Å²) < 4.78 is 43.3. The molecule has 9 heteroatoms. The van der Waals surface area contributed by atoms with Crippen molar-refractivity contribution < 1.29 is 27.4 Å². The lowest BCUT2D eigenvalue weighted by molar-refractivity contribution is -0.119. The third kappa shape index (κ3) is 4.15. The number of nitrogens with zero attached hydrogens (tertiary/aromatic N) is 1. The number of carbonyl (C=O) groups is 1. The Hall–Kier alpha value is -2.78. The van der Waals surface area contributed by atoms with Crippen LogP contribution in [0.1, 0.15) is 12.8 Å². The average Bonchev–Trinajstić information content (AvgIpc) is 3.24. The molecule has 2 aromatic rings. The van der Waals surface area contributed by atoms with Crippen LogP contribution < -0.4 is 19.5 Å². The number of benzene rings is 2. The number of amides is 1. The predicted octanol–water partition coefficient (Wildman–Crippen LogP) is 2.50. The van der Waals surface area contributed by atoms with E-state index in [1.165, 1.54) is 43.8 Å². The van der Waals surface area contributed by atoms with Crippen LogP contribution in [0, 0.1) is 0 Å². The van der Waals surface area contributed by atoms with Crippen LogP contribution in [0.4, 0.5) is 5.69 Å². The number of hydrogen-bond donors (Lipinski definition) is 1. The molecule has 0 bridgehead atoms. The number of methoxy groups -OCH3 is 3. The van der Waals surface area contributed by atoms with Crippen LogP contribution in [0.15, 0.2) is 47.4 Å². The number of nitrogens with one attached hydrogen (secondary N) is 1. The van der Waals surface area contributed by atoms with Crippen molar-refractivity contribution in [3.05, 3.63) is 42.5 Å². The van der Waals surface area contributed by atoms with Crippen molar-refractivity contribution in [2.45, 2.75) is 23.8 Å². The lowest BCUT2D eigenvalue weighted by Gasteiger charge is -2.24. The maximum Gasteiger partial charge on any atom is 0.243 e. The van der Waals surface area contributed by atoms with E-state index < -0.39 is 22.0 Å². The summed E-state index contributed by atoms with van der Waals surface area (Å²) in [5, 5.41) is 2.78. The van der Waals surface area contributed by atoms with Crippen molar-refractivity contribution in [1.29, 1.82) is 0 Å². The molecule has 1 aliphatic rings.